The van der Waals surface area contributed by atoms with Crippen LogP contribution in [0.1, 0.15) is 49.9 Å². The quantitative estimate of drug-likeness (QED) is 0.632. The van der Waals surface area contributed by atoms with E-state index in [2.05, 4.69) is 70.0 Å². The van der Waals surface area contributed by atoms with Crippen molar-refractivity contribution in [3.05, 3.63) is 47.3 Å². The first-order valence-corrected chi connectivity index (χ1v) is 11.8. The van der Waals surface area contributed by atoms with Crippen LogP contribution in [0.5, 0.6) is 0 Å². The number of aromatic nitrogens is 3. The third-order valence-corrected chi connectivity index (χ3v) is 7.08. The Balaban J connectivity index is 1.27. The number of hydrogen-bond donors (Lipinski definition) is 0. The maximum absolute atomic E-state index is 5.73. The lowest BCUT2D eigenvalue weighted by atomic mass is 9.95. The van der Waals surface area contributed by atoms with Crippen molar-refractivity contribution in [2.75, 3.05) is 32.0 Å². The van der Waals surface area contributed by atoms with E-state index in [4.69, 9.17) is 4.74 Å². The summed E-state index contributed by atoms with van der Waals surface area (Å²) in [5.41, 5.74) is 2.70. The van der Waals surface area contributed by atoms with Gasteiger partial charge in [0.2, 0.25) is 0 Å². The first-order chi connectivity index (χ1) is 14.2. The standard InChI is InChI=1S/C23H32N4OS/c1-18(15-19-7-4-3-5-8-19)16-27-12-10-20(11-13-27)22-24-25-23(26(22)2)29-17-21-9-6-14-28-21/h3-5,7-8,15,20-21H,6,9-14,16-17H2,1-2H3. The molecule has 1 aromatic carbocycles. The van der Waals surface area contributed by atoms with E-state index in [1.54, 1.807) is 11.8 Å². The zero-order valence-corrected chi connectivity index (χ0v) is 18.4. The fraction of sp³-hybridized carbons (Fsp3) is 0.565. The lowest BCUT2D eigenvalue weighted by molar-refractivity contribution is 0.129. The van der Waals surface area contributed by atoms with Gasteiger partial charge in [-0.15, -0.1) is 10.2 Å². The molecule has 0 saturated carbocycles. The van der Waals surface area contributed by atoms with Gasteiger partial charge in [0.1, 0.15) is 5.82 Å². The molecule has 0 aliphatic carbocycles. The molecule has 3 heterocycles. The summed E-state index contributed by atoms with van der Waals surface area (Å²) in [7, 11) is 2.12. The third-order valence-electron chi connectivity index (χ3n) is 5.93. The highest BCUT2D eigenvalue weighted by molar-refractivity contribution is 7.99. The number of benzene rings is 1. The van der Waals surface area contributed by atoms with E-state index in [-0.39, 0.29) is 0 Å². The van der Waals surface area contributed by atoms with Crippen molar-refractivity contribution in [1.82, 2.24) is 19.7 Å². The Morgan fingerprint density at radius 3 is 2.69 bits per heavy atom. The van der Waals surface area contributed by atoms with Gasteiger partial charge in [-0.25, -0.2) is 0 Å². The van der Waals surface area contributed by atoms with Crippen LogP contribution in [0.2, 0.25) is 0 Å². The molecule has 2 aliphatic heterocycles. The van der Waals surface area contributed by atoms with Crippen molar-refractivity contribution in [2.24, 2.45) is 7.05 Å². The average molecular weight is 413 g/mol. The van der Waals surface area contributed by atoms with Crippen LogP contribution in [-0.4, -0.2) is 57.8 Å². The SMILES string of the molecule is CC(=Cc1ccccc1)CN1CCC(c2nnc(SCC3CCCO3)n2C)CC1. The van der Waals surface area contributed by atoms with Crippen LogP contribution < -0.4 is 0 Å². The minimum absolute atomic E-state index is 0.385. The summed E-state index contributed by atoms with van der Waals surface area (Å²) in [4.78, 5) is 2.56. The Labute approximate surface area is 178 Å². The highest BCUT2D eigenvalue weighted by Crippen LogP contribution is 2.30. The predicted molar refractivity (Wildman–Crippen MR) is 119 cm³/mol. The van der Waals surface area contributed by atoms with Gasteiger partial charge in [-0.3, -0.25) is 4.90 Å². The summed E-state index contributed by atoms with van der Waals surface area (Å²) < 4.78 is 7.94. The van der Waals surface area contributed by atoms with Crippen molar-refractivity contribution in [2.45, 2.75) is 49.8 Å². The van der Waals surface area contributed by atoms with Gasteiger partial charge in [-0.1, -0.05) is 53.7 Å². The van der Waals surface area contributed by atoms with Gasteiger partial charge in [0.15, 0.2) is 5.16 Å². The van der Waals surface area contributed by atoms with E-state index in [1.807, 2.05) is 0 Å². The van der Waals surface area contributed by atoms with Crippen molar-refractivity contribution in [3.8, 4) is 0 Å². The third kappa shape index (κ3) is 5.50. The van der Waals surface area contributed by atoms with Gasteiger partial charge < -0.3 is 9.30 Å². The van der Waals surface area contributed by atoms with Crippen LogP contribution in [0.4, 0.5) is 0 Å². The molecule has 2 aliphatic rings. The second kappa shape index (κ2) is 9.92. The monoisotopic (exact) mass is 412 g/mol. The number of piperidine rings is 1. The van der Waals surface area contributed by atoms with Gasteiger partial charge in [-0.2, -0.15) is 0 Å². The molecule has 0 spiro atoms. The van der Waals surface area contributed by atoms with Gasteiger partial charge in [0, 0.05) is 31.9 Å². The molecule has 5 nitrogen and oxygen atoms in total. The number of nitrogens with zero attached hydrogens (tertiary/aromatic N) is 4. The van der Waals surface area contributed by atoms with Gasteiger partial charge in [-0.05, 0) is 51.3 Å². The fourth-order valence-corrected chi connectivity index (χ4v) is 5.32. The second-order valence-corrected chi connectivity index (χ2v) is 9.28. The molecular weight excluding hydrogens is 380 g/mol. The summed E-state index contributed by atoms with van der Waals surface area (Å²) in [5.74, 6) is 2.65. The number of likely N-dealkylation sites (tertiary alicyclic amines) is 1. The summed E-state index contributed by atoms with van der Waals surface area (Å²) in [6.07, 6.45) is 7.35. The second-order valence-electron chi connectivity index (χ2n) is 8.30. The molecule has 29 heavy (non-hydrogen) atoms. The maximum atomic E-state index is 5.73. The molecule has 2 aromatic rings. The number of rotatable bonds is 7. The Morgan fingerprint density at radius 2 is 1.97 bits per heavy atom. The summed E-state index contributed by atoms with van der Waals surface area (Å²) >= 11 is 1.79. The van der Waals surface area contributed by atoms with Crippen molar-refractivity contribution in [1.29, 1.82) is 0 Å². The topological polar surface area (TPSA) is 43.2 Å². The lowest BCUT2D eigenvalue weighted by Gasteiger charge is -2.31. The zero-order chi connectivity index (χ0) is 20.1. The molecule has 0 amide bonds. The zero-order valence-electron chi connectivity index (χ0n) is 17.6. The molecule has 1 aromatic heterocycles. The van der Waals surface area contributed by atoms with Gasteiger partial charge >= 0.3 is 0 Å². The maximum Gasteiger partial charge on any atom is 0.191 e. The lowest BCUT2D eigenvalue weighted by Crippen LogP contribution is -2.34. The molecular formula is C23H32N4OS. The number of ether oxygens (including phenoxy) is 1. The first-order valence-electron chi connectivity index (χ1n) is 10.8. The van der Waals surface area contributed by atoms with E-state index in [0.717, 1.165) is 55.8 Å². The molecule has 0 radical (unpaired) electrons. The van der Waals surface area contributed by atoms with Crippen molar-refractivity contribution < 1.29 is 4.74 Å². The average Bonchev–Trinajstić information content (AvgIpc) is 3.37. The van der Waals surface area contributed by atoms with Crippen LogP contribution >= 0.6 is 11.8 Å². The summed E-state index contributed by atoms with van der Waals surface area (Å²) in [6.45, 7) is 6.43. The van der Waals surface area contributed by atoms with Crippen molar-refractivity contribution in [3.63, 3.8) is 0 Å². The molecule has 156 valence electrons. The Bertz CT molecular complexity index is 806. The van der Waals surface area contributed by atoms with Crippen LogP contribution in [0.3, 0.4) is 0 Å². The number of hydrogen-bond acceptors (Lipinski definition) is 5. The molecule has 0 bridgehead atoms. The van der Waals surface area contributed by atoms with Crippen molar-refractivity contribution >= 4 is 17.8 Å². The smallest absolute Gasteiger partial charge is 0.191 e. The predicted octanol–water partition coefficient (Wildman–Crippen LogP) is 4.37. The van der Waals surface area contributed by atoms with Crippen LogP contribution in [0.25, 0.3) is 6.08 Å². The van der Waals surface area contributed by atoms with Gasteiger partial charge in [0.25, 0.3) is 0 Å². The highest BCUT2D eigenvalue weighted by atomic mass is 32.2. The summed E-state index contributed by atoms with van der Waals surface area (Å²) in [6, 6.07) is 10.6. The van der Waals surface area contributed by atoms with Crippen LogP contribution in [-0.2, 0) is 11.8 Å². The molecule has 2 saturated heterocycles. The van der Waals surface area contributed by atoms with E-state index in [9.17, 15) is 0 Å². The highest BCUT2D eigenvalue weighted by Gasteiger charge is 2.26. The van der Waals surface area contributed by atoms with Crippen LogP contribution in [0, 0.1) is 0 Å². The largest absolute Gasteiger partial charge is 0.377 e. The first kappa shape index (κ1) is 20.6. The van der Waals surface area contributed by atoms with E-state index in [1.165, 1.54) is 24.0 Å². The Kier molecular flexibility index (Phi) is 7.06. The minimum atomic E-state index is 0.385. The Morgan fingerprint density at radius 1 is 1.17 bits per heavy atom. The molecule has 0 N–H and O–H groups in total. The normalized spacial score (nSPS) is 21.7. The van der Waals surface area contributed by atoms with E-state index >= 15 is 0 Å². The van der Waals surface area contributed by atoms with E-state index in [0.29, 0.717) is 12.0 Å². The summed E-state index contributed by atoms with van der Waals surface area (Å²) in [5, 5.41) is 10.0. The Hall–Kier alpha value is -1.63. The number of thioether (sulfide) groups is 1. The molecule has 2 fully saturated rings. The molecule has 1 unspecified atom stereocenters. The van der Waals surface area contributed by atoms with Gasteiger partial charge in [0.05, 0.1) is 6.10 Å². The fourth-order valence-electron chi connectivity index (χ4n) is 4.33. The molecule has 1 atom stereocenters. The molecule has 6 heteroatoms. The van der Waals surface area contributed by atoms with Crippen LogP contribution in [0.15, 0.2) is 41.1 Å². The molecule has 4 rings (SSSR count). The minimum Gasteiger partial charge on any atom is -0.377 e. The van der Waals surface area contributed by atoms with E-state index < -0.39 is 0 Å².